The summed E-state index contributed by atoms with van der Waals surface area (Å²) in [6, 6.07) is 0.820. The zero-order chi connectivity index (χ0) is 10.2. The van der Waals surface area contributed by atoms with Crippen molar-refractivity contribution in [2.24, 2.45) is 23.0 Å². The average molecular weight is 196 g/mol. The van der Waals surface area contributed by atoms with Crippen molar-refractivity contribution in [1.82, 2.24) is 5.32 Å². The molecule has 0 unspecified atom stereocenters. The fourth-order valence-electron chi connectivity index (χ4n) is 2.10. The van der Waals surface area contributed by atoms with E-state index in [1.54, 1.807) is 0 Å². The fraction of sp³-hybridized carbons (Fsp3) is 1.00. The molecule has 2 nitrogen and oxygen atoms in total. The number of hydrogen-bond acceptors (Lipinski definition) is 2. The van der Waals surface area contributed by atoms with E-state index in [-0.39, 0.29) is 5.41 Å². The van der Waals surface area contributed by atoms with E-state index in [1.807, 2.05) is 0 Å². The molecule has 2 aliphatic rings. The lowest BCUT2D eigenvalue weighted by Gasteiger charge is -2.27. The molecule has 0 radical (unpaired) electrons. The van der Waals surface area contributed by atoms with Crippen LogP contribution in [0.2, 0.25) is 0 Å². The highest BCUT2D eigenvalue weighted by Gasteiger charge is 2.41. The molecule has 0 aromatic heterocycles. The molecule has 0 amide bonds. The lowest BCUT2D eigenvalue weighted by atomic mass is 9.93. The van der Waals surface area contributed by atoms with Gasteiger partial charge in [-0.25, -0.2) is 0 Å². The zero-order valence-corrected chi connectivity index (χ0v) is 9.55. The second kappa shape index (κ2) is 3.82. The van der Waals surface area contributed by atoms with Gasteiger partial charge in [0.15, 0.2) is 0 Å². The first-order valence-electron chi connectivity index (χ1n) is 6.06. The first-order valence-corrected chi connectivity index (χ1v) is 6.06. The largest absolute Gasteiger partial charge is 0.330 e. The van der Waals surface area contributed by atoms with Gasteiger partial charge in [-0.15, -0.1) is 0 Å². The van der Waals surface area contributed by atoms with Crippen LogP contribution in [0.1, 0.15) is 39.5 Å². The predicted octanol–water partition coefficient (Wildman–Crippen LogP) is 1.75. The van der Waals surface area contributed by atoms with Gasteiger partial charge in [0.25, 0.3) is 0 Å². The Kier molecular flexibility index (Phi) is 2.85. The SMILES string of the molecule is CC(C)(CN)CNC(C1CC1)C1CC1. The highest BCUT2D eigenvalue weighted by molar-refractivity contribution is 4.97. The van der Waals surface area contributed by atoms with Crippen molar-refractivity contribution in [1.29, 1.82) is 0 Å². The third kappa shape index (κ3) is 2.71. The molecule has 2 fully saturated rings. The summed E-state index contributed by atoms with van der Waals surface area (Å²) in [5.74, 6) is 1.99. The minimum atomic E-state index is 0.266. The maximum absolute atomic E-state index is 5.74. The quantitative estimate of drug-likeness (QED) is 0.679. The fourth-order valence-corrected chi connectivity index (χ4v) is 2.10. The van der Waals surface area contributed by atoms with E-state index < -0.39 is 0 Å². The molecule has 0 heterocycles. The first-order chi connectivity index (χ1) is 6.62. The van der Waals surface area contributed by atoms with Crippen molar-refractivity contribution in [2.45, 2.75) is 45.6 Å². The standard InChI is InChI=1S/C12H24N2/c1-12(2,7-13)8-14-11(9-3-4-9)10-5-6-10/h9-11,14H,3-8,13H2,1-2H3. The summed E-state index contributed by atoms with van der Waals surface area (Å²) in [5.41, 5.74) is 6.00. The van der Waals surface area contributed by atoms with E-state index in [9.17, 15) is 0 Å². The van der Waals surface area contributed by atoms with Crippen molar-refractivity contribution in [3.63, 3.8) is 0 Å². The third-order valence-electron chi connectivity index (χ3n) is 3.63. The summed E-state index contributed by atoms with van der Waals surface area (Å²) in [4.78, 5) is 0. The van der Waals surface area contributed by atoms with Gasteiger partial charge < -0.3 is 11.1 Å². The summed E-state index contributed by atoms with van der Waals surface area (Å²) in [6.07, 6.45) is 5.82. The smallest absolute Gasteiger partial charge is 0.0124 e. The molecule has 0 atom stereocenters. The molecular formula is C12H24N2. The summed E-state index contributed by atoms with van der Waals surface area (Å²) in [5, 5.41) is 3.75. The second-order valence-corrected chi connectivity index (χ2v) is 5.95. The van der Waals surface area contributed by atoms with Gasteiger partial charge in [-0.2, -0.15) is 0 Å². The first kappa shape index (κ1) is 10.4. The summed E-state index contributed by atoms with van der Waals surface area (Å²) in [7, 11) is 0. The lowest BCUT2D eigenvalue weighted by Crippen LogP contribution is -2.42. The van der Waals surface area contributed by atoms with Crippen molar-refractivity contribution in [3.8, 4) is 0 Å². The summed E-state index contributed by atoms with van der Waals surface area (Å²) < 4.78 is 0. The summed E-state index contributed by atoms with van der Waals surface area (Å²) in [6.45, 7) is 6.36. The van der Waals surface area contributed by atoms with Crippen LogP contribution in [0.25, 0.3) is 0 Å². The highest BCUT2D eigenvalue weighted by Crippen LogP contribution is 2.44. The van der Waals surface area contributed by atoms with Gasteiger partial charge in [-0.05, 0) is 49.5 Å². The molecule has 2 rings (SSSR count). The molecule has 0 aromatic rings. The Morgan fingerprint density at radius 1 is 1.21 bits per heavy atom. The van der Waals surface area contributed by atoms with Crippen molar-refractivity contribution < 1.29 is 0 Å². The molecule has 2 aliphatic carbocycles. The molecule has 82 valence electrons. The van der Waals surface area contributed by atoms with Gasteiger partial charge in [0.1, 0.15) is 0 Å². The van der Waals surface area contributed by atoms with Crippen molar-refractivity contribution >= 4 is 0 Å². The molecule has 0 bridgehead atoms. The van der Waals surface area contributed by atoms with Crippen LogP contribution in [-0.2, 0) is 0 Å². The van der Waals surface area contributed by atoms with E-state index in [2.05, 4.69) is 19.2 Å². The van der Waals surface area contributed by atoms with Gasteiger partial charge in [-0.1, -0.05) is 13.8 Å². The molecule has 0 aromatic carbocycles. The van der Waals surface area contributed by atoms with Gasteiger partial charge in [0.2, 0.25) is 0 Å². The van der Waals surface area contributed by atoms with Crippen LogP contribution in [0.3, 0.4) is 0 Å². The van der Waals surface area contributed by atoms with Crippen LogP contribution >= 0.6 is 0 Å². The molecule has 3 N–H and O–H groups in total. The van der Waals surface area contributed by atoms with E-state index in [4.69, 9.17) is 5.73 Å². The van der Waals surface area contributed by atoms with E-state index >= 15 is 0 Å². The van der Waals surface area contributed by atoms with Gasteiger partial charge >= 0.3 is 0 Å². The van der Waals surface area contributed by atoms with Gasteiger partial charge in [0.05, 0.1) is 0 Å². The Hall–Kier alpha value is -0.0800. The van der Waals surface area contributed by atoms with Gasteiger partial charge in [0, 0.05) is 12.6 Å². The van der Waals surface area contributed by atoms with Crippen LogP contribution < -0.4 is 11.1 Å². The van der Waals surface area contributed by atoms with E-state index in [0.29, 0.717) is 0 Å². The van der Waals surface area contributed by atoms with E-state index in [0.717, 1.165) is 31.0 Å². The van der Waals surface area contributed by atoms with Crippen LogP contribution in [0.15, 0.2) is 0 Å². The normalized spacial score (nSPS) is 23.1. The predicted molar refractivity (Wildman–Crippen MR) is 60.1 cm³/mol. The molecular weight excluding hydrogens is 172 g/mol. The van der Waals surface area contributed by atoms with Crippen LogP contribution in [-0.4, -0.2) is 19.1 Å². The molecule has 0 spiro atoms. The molecule has 0 aliphatic heterocycles. The molecule has 2 heteroatoms. The molecule has 0 saturated heterocycles. The Morgan fingerprint density at radius 3 is 2.07 bits per heavy atom. The van der Waals surface area contributed by atoms with Crippen molar-refractivity contribution in [3.05, 3.63) is 0 Å². The minimum Gasteiger partial charge on any atom is -0.330 e. The Balaban J connectivity index is 1.76. The van der Waals surface area contributed by atoms with E-state index in [1.165, 1.54) is 25.7 Å². The van der Waals surface area contributed by atoms with Crippen LogP contribution in [0, 0.1) is 17.3 Å². The number of rotatable bonds is 6. The summed E-state index contributed by atoms with van der Waals surface area (Å²) >= 11 is 0. The van der Waals surface area contributed by atoms with Crippen molar-refractivity contribution in [2.75, 3.05) is 13.1 Å². The van der Waals surface area contributed by atoms with Gasteiger partial charge in [-0.3, -0.25) is 0 Å². The number of nitrogens with one attached hydrogen (secondary N) is 1. The number of nitrogens with two attached hydrogens (primary N) is 1. The zero-order valence-electron chi connectivity index (χ0n) is 9.55. The average Bonchev–Trinajstić information content (AvgIpc) is 2.99. The minimum absolute atomic E-state index is 0.266. The van der Waals surface area contributed by atoms with Crippen LogP contribution in [0.5, 0.6) is 0 Å². The molecule has 14 heavy (non-hydrogen) atoms. The Morgan fingerprint density at radius 2 is 1.71 bits per heavy atom. The maximum atomic E-state index is 5.74. The van der Waals surface area contributed by atoms with Crippen LogP contribution in [0.4, 0.5) is 0 Å². The third-order valence-corrected chi connectivity index (χ3v) is 3.63. The lowest BCUT2D eigenvalue weighted by molar-refractivity contribution is 0.303. The maximum Gasteiger partial charge on any atom is 0.0124 e. The Bertz CT molecular complexity index is 180. The monoisotopic (exact) mass is 196 g/mol. The second-order valence-electron chi connectivity index (χ2n) is 5.95. The number of hydrogen-bond donors (Lipinski definition) is 2. The highest BCUT2D eigenvalue weighted by atomic mass is 15.0. The Labute approximate surface area is 87.6 Å². The molecule has 2 saturated carbocycles. The topological polar surface area (TPSA) is 38.0 Å².